The molecule has 1 saturated heterocycles. The van der Waals surface area contributed by atoms with Crippen LogP contribution in [0.4, 0.5) is 5.82 Å². The highest BCUT2D eigenvalue weighted by atomic mass is 15.5. The summed E-state index contributed by atoms with van der Waals surface area (Å²) in [4.78, 5) is 4.52. The molecule has 2 rings (SSSR count). The first-order valence-corrected chi connectivity index (χ1v) is 4.99. The van der Waals surface area contributed by atoms with Gasteiger partial charge in [0.2, 0.25) is 0 Å². The predicted molar refractivity (Wildman–Crippen MR) is 56.5 cm³/mol. The van der Waals surface area contributed by atoms with E-state index in [0.717, 1.165) is 38.5 Å². The van der Waals surface area contributed by atoms with Crippen LogP contribution in [0.2, 0.25) is 0 Å². The lowest BCUT2D eigenvalue weighted by atomic mass is 10.3. The highest BCUT2D eigenvalue weighted by molar-refractivity contribution is 5.34. The number of piperazine rings is 1. The van der Waals surface area contributed by atoms with Gasteiger partial charge in [-0.05, 0) is 10.4 Å². The highest BCUT2D eigenvalue weighted by Gasteiger charge is 2.17. The van der Waals surface area contributed by atoms with Crippen LogP contribution < -0.4 is 4.90 Å². The largest absolute Gasteiger partial charge is 0.351 e. The molecule has 0 atom stereocenters. The number of rotatable bonds is 3. The van der Waals surface area contributed by atoms with E-state index in [2.05, 4.69) is 37.0 Å². The summed E-state index contributed by atoms with van der Waals surface area (Å²) in [6.45, 7) is 8.64. The molecule has 0 aromatic carbocycles. The van der Waals surface area contributed by atoms with Crippen molar-refractivity contribution in [2.24, 2.45) is 0 Å². The van der Waals surface area contributed by atoms with Crippen molar-refractivity contribution < 1.29 is 0 Å². The minimum Gasteiger partial charge on any atom is -0.351 e. The number of hydrogen-bond acceptors (Lipinski definition) is 6. The number of nitrogens with zero attached hydrogens (tertiary/aromatic N) is 6. The second kappa shape index (κ2) is 4.79. The van der Waals surface area contributed by atoms with Crippen molar-refractivity contribution in [3.05, 3.63) is 18.9 Å². The SMILES string of the molecule is C=CCN1CCN(c2cnnnn2)CC1. The normalized spacial score (nSPS) is 17.7. The zero-order valence-corrected chi connectivity index (χ0v) is 8.58. The zero-order chi connectivity index (χ0) is 10.5. The molecule has 1 aromatic rings. The number of aromatic nitrogens is 4. The molecule has 15 heavy (non-hydrogen) atoms. The first-order chi connectivity index (χ1) is 7.40. The molecule has 0 amide bonds. The third-order valence-electron chi connectivity index (χ3n) is 2.50. The van der Waals surface area contributed by atoms with Crippen LogP contribution in [0.3, 0.4) is 0 Å². The molecule has 0 saturated carbocycles. The van der Waals surface area contributed by atoms with E-state index in [1.165, 1.54) is 0 Å². The van der Waals surface area contributed by atoms with Gasteiger partial charge in [0.15, 0.2) is 5.82 Å². The van der Waals surface area contributed by atoms with Gasteiger partial charge in [-0.1, -0.05) is 6.08 Å². The van der Waals surface area contributed by atoms with Crippen molar-refractivity contribution in [1.29, 1.82) is 0 Å². The zero-order valence-electron chi connectivity index (χ0n) is 8.58. The fraction of sp³-hybridized carbons (Fsp3) is 0.556. The van der Waals surface area contributed by atoms with Crippen molar-refractivity contribution in [2.75, 3.05) is 37.6 Å². The molecule has 0 radical (unpaired) electrons. The fourth-order valence-corrected chi connectivity index (χ4v) is 1.68. The molecule has 0 N–H and O–H groups in total. The van der Waals surface area contributed by atoms with E-state index in [1.807, 2.05) is 6.08 Å². The van der Waals surface area contributed by atoms with Crippen molar-refractivity contribution in [2.45, 2.75) is 0 Å². The van der Waals surface area contributed by atoms with E-state index in [4.69, 9.17) is 0 Å². The molecule has 6 heteroatoms. The number of hydrogen-bond donors (Lipinski definition) is 0. The Balaban J connectivity index is 1.91. The lowest BCUT2D eigenvalue weighted by Gasteiger charge is -2.34. The average Bonchev–Trinajstić information content (AvgIpc) is 2.32. The van der Waals surface area contributed by atoms with Gasteiger partial charge in [0, 0.05) is 32.7 Å². The van der Waals surface area contributed by atoms with Gasteiger partial charge < -0.3 is 4.90 Å². The molecule has 0 spiro atoms. The molecule has 1 fully saturated rings. The van der Waals surface area contributed by atoms with Gasteiger partial charge in [-0.2, -0.15) is 0 Å². The standard InChI is InChI=1S/C9H14N6/c1-2-3-14-4-6-15(7-5-14)9-8-10-12-13-11-9/h2,8H,1,3-7H2. The molecule has 1 aromatic heterocycles. The van der Waals surface area contributed by atoms with Crippen molar-refractivity contribution in [3.63, 3.8) is 0 Å². The van der Waals surface area contributed by atoms with Crippen LogP contribution in [0.5, 0.6) is 0 Å². The van der Waals surface area contributed by atoms with Gasteiger partial charge in [-0.25, -0.2) is 0 Å². The summed E-state index contributed by atoms with van der Waals surface area (Å²) >= 11 is 0. The Labute approximate surface area is 88.6 Å². The second-order valence-corrected chi connectivity index (χ2v) is 3.46. The molecular formula is C9H14N6. The Hall–Kier alpha value is -1.56. The second-order valence-electron chi connectivity index (χ2n) is 3.46. The van der Waals surface area contributed by atoms with E-state index < -0.39 is 0 Å². The summed E-state index contributed by atoms with van der Waals surface area (Å²) in [5, 5.41) is 14.6. The fourth-order valence-electron chi connectivity index (χ4n) is 1.68. The molecule has 0 unspecified atom stereocenters. The molecular weight excluding hydrogens is 192 g/mol. The molecule has 1 aliphatic heterocycles. The summed E-state index contributed by atoms with van der Waals surface area (Å²) in [7, 11) is 0. The quantitative estimate of drug-likeness (QED) is 0.626. The van der Waals surface area contributed by atoms with Crippen LogP contribution in [0.15, 0.2) is 18.9 Å². The molecule has 1 aliphatic rings. The molecule has 80 valence electrons. The summed E-state index contributed by atoms with van der Waals surface area (Å²) in [6.07, 6.45) is 3.58. The maximum absolute atomic E-state index is 3.94. The Morgan fingerprint density at radius 3 is 2.67 bits per heavy atom. The van der Waals surface area contributed by atoms with E-state index >= 15 is 0 Å². The van der Waals surface area contributed by atoms with E-state index in [-0.39, 0.29) is 0 Å². The monoisotopic (exact) mass is 206 g/mol. The first-order valence-electron chi connectivity index (χ1n) is 4.99. The van der Waals surface area contributed by atoms with Gasteiger partial charge >= 0.3 is 0 Å². The smallest absolute Gasteiger partial charge is 0.173 e. The minimum absolute atomic E-state index is 0.809. The van der Waals surface area contributed by atoms with Gasteiger partial charge in [0.05, 0.1) is 6.20 Å². The molecule has 6 nitrogen and oxygen atoms in total. The summed E-state index contributed by atoms with van der Waals surface area (Å²) in [5.41, 5.74) is 0. The average molecular weight is 206 g/mol. The summed E-state index contributed by atoms with van der Waals surface area (Å²) < 4.78 is 0. The summed E-state index contributed by atoms with van der Waals surface area (Å²) in [6, 6.07) is 0. The van der Waals surface area contributed by atoms with Gasteiger partial charge in [0.1, 0.15) is 0 Å². The van der Waals surface area contributed by atoms with Crippen LogP contribution in [0.1, 0.15) is 0 Å². The van der Waals surface area contributed by atoms with E-state index in [0.29, 0.717) is 0 Å². The van der Waals surface area contributed by atoms with Gasteiger partial charge in [0.25, 0.3) is 0 Å². The minimum atomic E-state index is 0.809. The van der Waals surface area contributed by atoms with Crippen LogP contribution in [0.25, 0.3) is 0 Å². The van der Waals surface area contributed by atoms with Gasteiger partial charge in [-0.3, -0.25) is 4.90 Å². The Bertz CT molecular complexity index is 306. The Morgan fingerprint density at radius 1 is 1.27 bits per heavy atom. The van der Waals surface area contributed by atoms with Crippen LogP contribution in [0, 0.1) is 0 Å². The maximum atomic E-state index is 3.94. The van der Waals surface area contributed by atoms with Crippen molar-refractivity contribution >= 4 is 5.82 Å². The lowest BCUT2D eigenvalue weighted by molar-refractivity contribution is 0.283. The van der Waals surface area contributed by atoms with Crippen molar-refractivity contribution in [3.8, 4) is 0 Å². The third-order valence-corrected chi connectivity index (χ3v) is 2.50. The van der Waals surface area contributed by atoms with Crippen LogP contribution >= 0.6 is 0 Å². The van der Waals surface area contributed by atoms with E-state index in [9.17, 15) is 0 Å². The van der Waals surface area contributed by atoms with Crippen LogP contribution in [-0.4, -0.2) is 58.2 Å². The van der Waals surface area contributed by atoms with E-state index in [1.54, 1.807) is 6.20 Å². The molecule has 2 heterocycles. The topological polar surface area (TPSA) is 58.0 Å². The third kappa shape index (κ3) is 2.47. The molecule has 0 bridgehead atoms. The van der Waals surface area contributed by atoms with Gasteiger partial charge in [-0.15, -0.1) is 16.8 Å². The van der Waals surface area contributed by atoms with Crippen LogP contribution in [-0.2, 0) is 0 Å². The summed E-state index contributed by atoms with van der Waals surface area (Å²) in [5.74, 6) is 0.809. The predicted octanol–water partition coefficient (Wildman–Crippen LogP) is -0.425. The Morgan fingerprint density at radius 2 is 2.07 bits per heavy atom. The lowest BCUT2D eigenvalue weighted by Crippen LogP contribution is -2.46. The Kier molecular flexibility index (Phi) is 3.18. The highest BCUT2D eigenvalue weighted by Crippen LogP contribution is 2.09. The first kappa shape index (κ1) is 9.97. The maximum Gasteiger partial charge on any atom is 0.173 e. The number of anilines is 1. The molecule has 0 aliphatic carbocycles. The van der Waals surface area contributed by atoms with Crippen molar-refractivity contribution in [1.82, 2.24) is 25.5 Å².